The van der Waals surface area contributed by atoms with Crippen molar-refractivity contribution in [3.05, 3.63) is 0 Å². The number of nitrogens with one attached hydrogen (secondary N) is 2. The zero-order valence-corrected chi connectivity index (χ0v) is 17.4. The molecule has 2 N–H and O–H groups in total. The number of carbonyl (C=O) groups is 2. The number of rotatable bonds is 8. The van der Waals surface area contributed by atoms with E-state index in [1.165, 1.54) is 0 Å². The number of carbonyl (C=O) groups excluding carboxylic acids is 2. The van der Waals surface area contributed by atoms with E-state index in [0.717, 1.165) is 19.3 Å². The Bertz CT molecular complexity index is 385. The first-order valence-corrected chi connectivity index (χ1v) is 9.05. The van der Waals surface area contributed by atoms with E-state index >= 15 is 0 Å². The van der Waals surface area contributed by atoms with Gasteiger partial charge in [-0.05, 0) is 37.5 Å². The smallest absolute Gasteiger partial charge is 0.280 e. The average Bonchev–Trinajstić information content (AvgIpc) is 2.22. The van der Waals surface area contributed by atoms with Crippen LogP contribution < -0.4 is 10.6 Å². The van der Waals surface area contributed by atoms with Gasteiger partial charge in [-0.25, -0.2) is 0 Å². The van der Waals surface area contributed by atoms with Gasteiger partial charge in [0.2, 0.25) is 5.91 Å². The molecule has 0 saturated carbocycles. The molecule has 0 radical (unpaired) electrons. The van der Waals surface area contributed by atoms with Crippen molar-refractivity contribution in [2.24, 2.45) is 10.8 Å². The number of halogens is 1. The van der Waals surface area contributed by atoms with Crippen molar-refractivity contribution in [3.8, 4) is 0 Å². The predicted molar refractivity (Wildman–Crippen MR) is 101 cm³/mol. The van der Waals surface area contributed by atoms with E-state index in [4.69, 9.17) is 0 Å². The summed E-state index contributed by atoms with van der Waals surface area (Å²) >= 11 is 1.76. The fraction of sp³-hybridized carbons (Fsp3) is 0.882. The monoisotopic (exact) mass is 424 g/mol. The quantitative estimate of drug-likeness (QED) is 0.338. The molecule has 0 aliphatic rings. The molecule has 2 amide bonds. The van der Waals surface area contributed by atoms with Gasteiger partial charge in [0.15, 0.2) is 0 Å². The standard InChI is InChI=1S/C17H33IN2O2/c1-15(2,3)11-13(21)20-17(6,7)10-8-9-16(4,5)12-19-14(18)22/h8-12H2,1-7H3,(H,19,22)(H,20,21). The second kappa shape index (κ2) is 8.50. The third-order valence-electron chi connectivity index (χ3n) is 3.53. The molecule has 0 spiro atoms. The molecule has 0 saturated heterocycles. The normalized spacial score (nSPS) is 12.9. The highest BCUT2D eigenvalue weighted by atomic mass is 127. The Morgan fingerprint density at radius 1 is 0.955 bits per heavy atom. The van der Waals surface area contributed by atoms with Gasteiger partial charge in [-0.15, -0.1) is 0 Å². The van der Waals surface area contributed by atoms with Crippen LogP contribution in [-0.2, 0) is 4.79 Å². The molecule has 5 heteroatoms. The molecule has 0 fully saturated rings. The van der Waals surface area contributed by atoms with Crippen molar-refractivity contribution in [1.29, 1.82) is 0 Å². The maximum Gasteiger partial charge on any atom is 0.280 e. The van der Waals surface area contributed by atoms with Gasteiger partial charge in [-0.2, -0.15) is 0 Å². The van der Waals surface area contributed by atoms with Crippen LogP contribution in [0.25, 0.3) is 0 Å². The minimum absolute atomic E-state index is 0.0135. The van der Waals surface area contributed by atoms with E-state index in [0.29, 0.717) is 13.0 Å². The summed E-state index contributed by atoms with van der Waals surface area (Å²) in [4.78, 5) is 23.0. The average molecular weight is 424 g/mol. The highest BCUT2D eigenvalue weighted by molar-refractivity contribution is 14.1. The van der Waals surface area contributed by atoms with E-state index in [-0.39, 0.29) is 26.2 Å². The van der Waals surface area contributed by atoms with Gasteiger partial charge in [0, 0.05) is 41.1 Å². The second-order valence-electron chi connectivity index (χ2n) is 8.81. The highest BCUT2D eigenvalue weighted by Crippen LogP contribution is 2.25. The van der Waals surface area contributed by atoms with Crippen LogP contribution in [0.15, 0.2) is 0 Å². The van der Waals surface area contributed by atoms with Crippen LogP contribution >= 0.6 is 22.6 Å². The summed E-state index contributed by atoms with van der Waals surface area (Å²) in [5.74, 6) is 0.119. The fourth-order valence-electron chi connectivity index (χ4n) is 2.37. The summed E-state index contributed by atoms with van der Waals surface area (Å²) in [5.41, 5.74) is -0.100. The van der Waals surface area contributed by atoms with Crippen molar-refractivity contribution in [1.82, 2.24) is 10.6 Å². The molecule has 22 heavy (non-hydrogen) atoms. The van der Waals surface area contributed by atoms with Crippen molar-refractivity contribution in [3.63, 3.8) is 0 Å². The Hall–Kier alpha value is -0.330. The molecule has 0 aromatic carbocycles. The molecule has 0 rings (SSSR count). The first kappa shape index (κ1) is 21.7. The minimum Gasteiger partial charge on any atom is -0.351 e. The molecule has 0 bridgehead atoms. The molecule has 0 aromatic rings. The summed E-state index contributed by atoms with van der Waals surface area (Å²) in [6.07, 6.45) is 3.52. The summed E-state index contributed by atoms with van der Waals surface area (Å²) in [6, 6.07) is 0. The number of amides is 2. The van der Waals surface area contributed by atoms with Gasteiger partial charge in [-0.3, -0.25) is 9.59 Å². The molecular formula is C17H33IN2O2. The third-order valence-corrected chi connectivity index (χ3v) is 3.91. The molecule has 0 aliphatic carbocycles. The van der Waals surface area contributed by atoms with Gasteiger partial charge in [0.25, 0.3) is 3.91 Å². The largest absolute Gasteiger partial charge is 0.351 e. The zero-order valence-electron chi connectivity index (χ0n) is 15.2. The van der Waals surface area contributed by atoms with Crippen LogP contribution in [0.4, 0.5) is 4.79 Å². The molecular weight excluding hydrogens is 391 g/mol. The highest BCUT2D eigenvalue weighted by Gasteiger charge is 2.25. The Labute approximate surface area is 149 Å². The summed E-state index contributed by atoms with van der Waals surface area (Å²) in [7, 11) is 0. The molecule has 0 heterocycles. The summed E-state index contributed by atoms with van der Waals surface area (Å²) in [6.45, 7) is 15.4. The van der Waals surface area contributed by atoms with E-state index in [1.807, 2.05) is 0 Å². The van der Waals surface area contributed by atoms with E-state index < -0.39 is 0 Å². The van der Waals surface area contributed by atoms with Gasteiger partial charge >= 0.3 is 0 Å². The Morgan fingerprint density at radius 3 is 1.95 bits per heavy atom. The van der Waals surface area contributed by atoms with Crippen LogP contribution in [0, 0.1) is 10.8 Å². The lowest BCUT2D eigenvalue weighted by Crippen LogP contribution is -2.44. The molecule has 0 aromatic heterocycles. The second-order valence-corrected chi connectivity index (χ2v) is 9.79. The van der Waals surface area contributed by atoms with Crippen LogP contribution in [-0.4, -0.2) is 21.9 Å². The maximum atomic E-state index is 12.1. The maximum absolute atomic E-state index is 12.1. The van der Waals surface area contributed by atoms with Crippen molar-refractivity contribution < 1.29 is 9.59 Å². The fourth-order valence-corrected chi connectivity index (χ4v) is 2.56. The topological polar surface area (TPSA) is 58.2 Å². The first-order valence-electron chi connectivity index (χ1n) is 7.97. The Morgan fingerprint density at radius 2 is 1.50 bits per heavy atom. The lowest BCUT2D eigenvalue weighted by Gasteiger charge is -2.30. The molecule has 4 nitrogen and oxygen atoms in total. The molecule has 0 atom stereocenters. The Balaban J connectivity index is 4.21. The number of hydrogen-bond acceptors (Lipinski definition) is 2. The summed E-state index contributed by atoms with van der Waals surface area (Å²) in [5, 5.41) is 6.01. The van der Waals surface area contributed by atoms with Crippen molar-refractivity contribution in [2.45, 2.75) is 79.7 Å². The van der Waals surface area contributed by atoms with Crippen LogP contribution in [0.3, 0.4) is 0 Å². The predicted octanol–water partition coefficient (Wildman–Crippen LogP) is 4.66. The minimum atomic E-state index is -0.190. The van der Waals surface area contributed by atoms with Crippen LogP contribution in [0.1, 0.15) is 74.1 Å². The number of hydrogen-bond donors (Lipinski definition) is 2. The van der Waals surface area contributed by atoms with Gasteiger partial charge in [0.05, 0.1) is 0 Å². The zero-order chi connectivity index (χ0) is 17.6. The third kappa shape index (κ3) is 12.2. The molecule has 0 aliphatic heterocycles. The SMILES string of the molecule is CC(C)(C)CC(=O)NC(C)(C)CCCC(C)(C)CNC(=O)I. The van der Waals surface area contributed by atoms with E-state index in [2.05, 4.69) is 59.1 Å². The molecule has 0 unspecified atom stereocenters. The van der Waals surface area contributed by atoms with E-state index in [9.17, 15) is 9.59 Å². The van der Waals surface area contributed by atoms with Gasteiger partial charge in [0.1, 0.15) is 0 Å². The van der Waals surface area contributed by atoms with E-state index in [1.54, 1.807) is 22.6 Å². The van der Waals surface area contributed by atoms with Crippen molar-refractivity contribution >= 4 is 32.4 Å². The summed E-state index contributed by atoms with van der Waals surface area (Å²) < 4.78 is -0.0135. The lowest BCUT2D eigenvalue weighted by molar-refractivity contribution is -0.124. The van der Waals surface area contributed by atoms with Crippen molar-refractivity contribution in [2.75, 3.05) is 6.54 Å². The molecule has 130 valence electrons. The van der Waals surface area contributed by atoms with Crippen LogP contribution in [0.5, 0.6) is 0 Å². The van der Waals surface area contributed by atoms with Crippen LogP contribution in [0.2, 0.25) is 0 Å². The van der Waals surface area contributed by atoms with Gasteiger partial charge < -0.3 is 10.6 Å². The lowest BCUT2D eigenvalue weighted by atomic mass is 9.84. The van der Waals surface area contributed by atoms with Gasteiger partial charge in [-0.1, -0.05) is 41.0 Å². The first-order chi connectivity index (χ1) is 9.72. The Kier molecular flexibility index (Phi) is 8.37.